The molecule has 0 radical (unpaired) electrons. The number of unbranched alkanes of at least 4 members (excludes halogenated alkanes) is 1. The number of aryl methyl sites for hydroxylation is 1. The molecule has 1 atom stereocenters. The maximum atomic E-state index is 4.39. The quantitative estimate of drug-likeness (QED) is 0.835. The van der Waals surface area contributed by atoms with E-state index in [0.29, 0.717) is 0 Å². The standard InChI is InChI=1S/C15H21N3/c1-3-4-11-18-12-10-16-15(18)17-13(2)14-8-6-5-7-9-14/h5-10,12-13H,3-4,11H2,1-2H3,(H,16,17). The van der Waals surface area contributed by atoms with Crippen LogP contribution in [0.3, 0.4) is 0 Å². The van der Waals surface area contributed by atoms with Crippen molar-refractivity contribution in [3.8, 4) is 0 Å². The first-order valence-corrected chi connectivity index (χ1v) is 6.64. The van der Waals surface area contributed by atoms with E-state index in [1.165, 1.54) is 18.4 Å². The van der Waals surface area contributed by atoms with Crippen LogP contribution < -0.4 is 5.32 Å². The smallest absolute Gasteiger partial charge is 0.203 e. The molecule has 0 saturated heterocycles. The number of nitrogens with one attached hydrogen (secondary N) is 1. The number of benzene rings is 1. The van der Waals surface area contributed by atoms with Crippen molar-refractivity contribution in [2.45, 2.75) is 39.3 Å². The highest BCUT2D eigenvalue weighted by molar-refractivity contribution is 5.32. The van der Waals surface area contributed by atoms with Crippen LogP contribution in [0, 0.1) is 0 Å². The Morgan fingerprint density at radius 2 is 2.06 bits per heavy atom. The summed E-state index contributed by atoms with van der Waals surface area (Å²) in [5.41, 5.74) is 1.28. The Morgan fingerprint density at radius 1 is 1.28 bits per heavy atom. The number of anilines is 1. The Kier molecular flexibility index (Phi) is 4.40. The summed E-state index contributed by atoms with van der Waals surface area (Å²) in [5, 5.41) is 3.47. The molecule has 0 aliphatic carbocycles. The van der Waals surface area contributed by atoms with Crippen LogP contribution in [0.1, 0.15) is 38.3 Å². The first-order valence-electron chi connectivity index (χ1n) is 6.64. The maximum absolute atomic E-state index is 4.39. The van der Waals surface area contributed by atoms with E-state index in [-0.39, 0.29) is 6.04 Å². The zero-order valence-electron chi connectivity index (χ0n) is 11.1. The van der Waals surface area contributed by atoms with Crippen molar-refractivity contribution in [1.82, 2.24) is 9.55 Å². The van der Waals surface area contributed by atoms with Gasteiger partial charge < -0.3 is 9.88 Å². The fraction of sp³-hybridized carbons (Fsp3) is 0.400. The van der Waals surface area contributed by atoms with Crippen molar-refractivity contribution < 1.29 is 0 Å². The molecule has 0 aliphatic heterocycles. The zero-order chi connectivity index (χ0) is 12.8. The predicted molar refractivity (Wildman–Crippen MR) is 75.6 cm³/mol. The minimum Gasteiger partial charge on any atom is -0.349 e. The largest absolute Gasteiger partial charge is 0.349 e. The van der Waals surface area contributed by atoms with Gasteiger partial charge in [-0.15, -0.1) is 0 Å². The van der Waals surface area contributed by atoms with Gasteiger partial charge in [0.25, 0.3) is 0 Å². The van der Waals surface area contributed by atoms with E-state index in [1.807, 2.05) is 18.5 Å². The number of hydrogen-bond acceptors (Lipinski definition) is 2. The maximum Gasteiger partial charge on any atom is 0.203 e. The van der Waals surface area contributed by atoms with Crippen LogP contribution in [0.2, 0.25) is 0 Å². The summed E-state index contributed by atoms with van der Waals surface area (Å²) in [6.07, 6.45) is 6.28. The van der Waals surface area contributed by atoms with Gasteiger partial charge in [0.05, 0.1) is 6.04 Å². The number of rotatable bonds is 6. The van der Waals surface area contributed by atoms with Gasteiger partial charge in [-0.05, 0) is 18.9 Å². The molecular formula is C15H21N3. The van der Waals surface area contributed by atoms with E-state index in [1.54, 1.807) is 0 Å². The molecule has 3 heteroatoms. The lowest BCUT2D eigenvalue weighted by molar-refractivity contribution is 0.631. The first kappa shape index (κ1) is 12.7. The third-order valence-electron chi connectivity index (χ3n) is 3.11. The summed E-state index contributed by atoms with van der Waals surface area (Å²) < 4.78 is 2.18. The Labute approximate surface area is 109 Å². The van der Waals surface area contributed by atoms with Crippen molar-refractivity contribution >= 4 is 5.95 Å². The molecule has 0 saturated carbocycles. The van der Waals surface area contributed by atoms with Crippen LogP contribution in [-0.4, -0.2) is 9.55 Å². The summed E-state index contributed by atoms with van der Waals surface area (Å²) in [6.45, 7) is 5.39. The predicted octanol–water partition coefficient (Wildman–Crippen LogP) is 3.86. The lowest BCUT2D eigenvalue weighted by Gasteiger charge is -2.16. The third-order valence-corrected chi connectivity index (χ3v) is 3.11. The minimum absolute atomic E-state index is 0.272. The zero-order valence-corrected chi connectivity index (χ0v) is 11.1. The molecule has 0 fully saturated rings. The van der Waals surface area contributed by atoms with Crippen LogP contribution >= 0.6 is 0 Å². The van der Waals surface area contributed by atoms with E-state index in [0.717, 1.165) is 12.5 Å². The Balaban J connectivity index is 2.03. The van der Waals surface area contributed by atoms with Crippen molar-refractivity contribution in [3.63, 3.8) is 0 Å². The van der Waals surface area contributed by atoms with Gasteiger partial charge in [-0.1, -0.05) is 43.7 Å². The molecule has 0 spiro atoms. The van der Waals surface area contributed by atoms with E-state index in [9.17, 15) is 0 Å². The van der Waals surface area contributed by atoms with Crippen molar-refractivity contribution in [2.24, 2.45) is 0 Å². The molecule has 1 heterocycles. The number of hydrogen-bond donors (Lipinski definition) is 1. The Hall–Kier alpha value is -1.77. The molecule has 1 unspecified atom stereocenters. The normalized spacial score (nSPS) is 12.3. The van der Waals surface area contributed by atoms with E-state index < -0.39 is 0 Å². The molecule has 0 bridgehead atoms. The van der Waals surface area contributed by atoms with Crippen molar-refractivity contribution in [1.29, 1.82) is 0 Å². The van der Waals surface area contributed by atoms with Gasteiger partial charge in [0, 0.05) is 18.9 Å². The second-order valence-electron chi connectivity index (χ2n) is 4.57. The monoisotopic (exact) mass is 243 g/mol. The average molecular weight is 243 g/mol. The third kappa shape index (κ3) is 3.13. The fourth-order valence-corrected chi connectivity index (χ4v) is 1.98. The van der Waals surface area contributed by atoms with Crippen LogP contribution in [0.25, 0.3) is 0 Å². The van der Waals surface area contributed by atoms with Crippen molar-refractivity contribution in [3.05, 3.63) is 48.3 Å². The first-order chi connectivity index (χ1) is 8.81. The average Bonchev–Trinajstić information content (AvgIpc) is 2.84. The molecule has 1 aromatic carbocycles. The topological polar surface area (TPSA) is 29.9 Å². The van der Waals surface area contributed by atoms with Gasteiger partial charge in [-0.2, -0.15) is 0 Å². The van der Waals surface area contributed by atoms with Gasteiger partial charge in [0.1, 0.15) is 0 Å². The van der Waals surface area contributed by atoms with Crippen LogP contribution in [0.5, 0.6) is 0 Å². The van der Waals surface area contributed by atoms with Gasteiger partial charge in [-0.3, -0.25) is 0 Å². The molecule has 18 heavy (non-hydrogen) atoms. The summed E-state index contributed by atoms with van der Waals surface area (Å²) in [6, 6.07) is 10.7. The van der Waals surface area contributed by atoms with Gasteiger partial charge in [0.15, 0.2) is 0 Å². The highest BCUT2D eigenvalue weighted by Gasteiger charge is 2.08. The van der Waals surface area contributed by atoms with Crippen LogP contribution in [0.15, 0.2) is 42.7 Å². The summed E-state index contributed by atoms with van der Waals surface area (Å²) in [4.78, 5) is 4.39. The summed E-state index contributed by atoms with van der Waals surface area (Å²) >= 11 is 0. The molecule has 1 N–H and O–H groups in total. The highest BCUT2D eigenvalue weighted by atomic mass is 15.2. The molecule has 0 aliphatic rings. The molecule has 3 nitrogen and oxygen atoms in total. The SMILES string of the molecule is CCCCn1ccnc1NC(C)c1ccccc1. The molecule has 96 valence electrons. The molecule has 2 rings (SSSR count). The Morgan fingerprint density at radius 3 is 2.78 bits per heavy atom. The molecule has 2 aromatic rings. The number of imidazole rings is 1. The fourth-order valence-electron chi connectivity index (χ4n) is 1.98. The lowest BCUT2D eigenvalue weighted by atomic mass is 10.1. The molecule has 1 aromatic heterocycles. The van der Waals surface area contributed by atoms with Gasteiger partial charge in [0.2, 0.25) is 5.95 Å². The highest BCUT2D eigenvalue weighted by Crippen LogP contribution is 2.17. The van der Waals surface area contributed by atoms with Gasteiger partial charge in [-0.25, -0.2) is 4.98 Å². The number of nitrogens with zero attached hydrogens (tertiary/aromatic N) is 2. The van der Waals surface area contributed by atoms with Gasteiger partial charge >= 0.3 is 0 Å². The molecular weight excluding hydrogens is 222 g/mol. The minimum atomic E-state index is 0.272. The lowest BCUT2D eigenvalue weighted by Crippen LogP contribution is -2.11. The van der Waals surface area contributed by atoms with Crippen molar-refractivity contribution in [2.75, 3.05) is 5.32 Å². The second kappa shape index (κ2) is 6.24. The van der Waals surface area contributed by atoms with Crippen LogP contribution in [0.4, 0.5) is 5.95 Å². The summed E-state index contributed by atoms with van der Waals surface area (Å²) in [7, 11) is 0. The van der Waals surface area contributed by atoms with E-state index in [4.69, 9.17) is 0 Å². The van der Waals surface area contributed by atoms with Crippen LogP contribution in [-0.2, 0) is 6.54 Å². The number of aromatic nitrogens is 2. The van der Waals surface area contributed by atoms with E-state index in [2.05, 4.69) is 53.0 Å². The molecule has 0 amide bonds. The van der Waals surface area contributed by atoms with E-state index >= 15 is 0 Å². The second-order valence-corrected chi connectivity index (χ2v) is 4.57. The Bertz CT molecular complexity index is 462. The summed E-state index contributed by atoms with van der Waals surface area (Å²) in [5.74, 6) is 0.958.